The molecule has 1 saturated heterocycles. The van der Waals surface area contributed by atoms with Crippen molar-refractivity contribution in [2.75, 3.05) is 26.3 Å². The predicted molar refractivity (Wildman–Crippen MR) is 71.4 cm³/mol. The van der Waals surface area contributed by atoms with Crippen LogP contribution in [0.15, 0.2) is 0 Å². The van der Waals surface area contributed by atoms with E-state index in [0.29, 0.717) is 5.54 Å². The SMILES string of the molecule is CCCC1C[N+](CC)(CC)CN1C(C)(C)C. The van der Waals surface area contributed by atoms with Crippen LogP contribution in [0.5, 0.6) is 0 Å². The largest absolute Gasteiger partial charge is 0.310 e. The Hall–Kier alpha value is -0.0800. The van der Waals surface area contributed by atoms with Crippen LogP contribution in [-0.4, -0.2) is 47.3 Å². The Kier molecular flexibility index (Phi) is 4.42. The van der Waals surface area contributed by atoms with Crippen LogP contribution in [0.25, 0.3) is 0 Å². The van der Waals surface area contributed by atoms with Gasteiger partial charge in [-0.3, -0.25) is 0 Å². The minimum Gasteiger partial charge on any atom is -0.310 e. The number of rotatable bonds is 4. The first-order valence-electron chi connectivity index (χ1n) is 7.00. The van der Waals surface area contributed by atoms with Crippen molar-refractivity contribution < 1.29 is 4.48 Å². The van der Waals surface area contributed by atoms with Gasteiger partial charge >= 0.3 is 0 Å². The monoisotopic (exact) mass is 227 g/mol. The van der Waals surface area contributed by atoms with Crippen LogP contribution in [0.3, 0.4) is 0 Å². The molecule has 0 spiro atoms. The maximum Gasteiger partial charge on any atom is 0.135 e. The number of hydrogen-bond donors (Lipinski definition) is 0. The fraction of sp³-hybridized carbons (Fsp3) is 1.00. The number of nitrogens with zero attached hydrogens (tertiary/aromatic N) is 2. The van der Waals surface area contributed by atoms with Gasteiger partial charge in [-0.1, -0.05) is 13.3 Å². The Morgan fingerprint density at radius 1 is 1.12 bits per heavy atom. The van der Waals surface area contributed by atoms with E-state index in [2.05, 4.69) is 46.4 Å². The lowest BCUT2D eigenvalue weighted by Gasteiger charge is -2.36. The van der Waals surface area contributed by atoms with Gasteiger partial charge in [-0.15, -0.1) is 0 Å². The van der Waals surface area contributed by atoms with Crippen molar-refractivity contribution in [2.45, 2.75) is 66.0 Å². The summed E-state index contributed by atoms with van der Waals surface area (Å²) in [7, 11) is 0. The molecular formula is C14H31N2+. The van der Waals surface area contributed by atoms with Gasteiger partial charge in [0, 0.05) is 5.54 Å². The minimum absolute atomic E-state index is 0.324. The molecule has 0 aromatic heterocycles. The van der Waals surface area contributed by atoms with Crippen LogP contribution in [0.4, 0.5) is 0 Å². The van der Waals surface area contributed by atoms with E-state index in [9.17, 15) is 0 Å². The van der Waals surface area contributed by atoms with E-state index in [1.165, 1.54) is 43.6 Å². The lowest BCUT2D eigenvalue weighted by molar-refractivity contribution is -0.918. The predicted octanol–water partition coefficient (Wildman–Crippen LogP) is 3.08. The van der Waals surface area contributed by atoms with Crippen LogP contribution in [0.1, 0.15) is 54.4 Å². The zero-order valence-electron chi connectivity index (χ0n) is 12.2. The van der Waals surface area contributed by atoms with Gasteiger partial charge in [0.25, 0.3) is 0 Å². The normalized spacial score (nSPS) is 26.2. The summed E-state index contributed by atoms with van der Waals surface area (Å²) in [6.45, 7) is 19.3. The second kappa shape index (κ2) is 5.05. The van der Waals surface area contributed by atoms with Crippen molar-refractivity contribution in [3.63, 3.8) is 0 Å². The first-order valence-corrected chi connectivity index (χ1v) is 7.00. The molecular weight excluding hydrogens is 196 g/mol. The van der Waals surface area contributed by atoms with Gasteiger partial charge in [0.1, 0.15) is 6.67 Å². The molecule has 1 aliphatic rings. The summed E-state index contributed by atoms with van der Waals surface area (Å²) in [4.78, 5) is 2.74. The molecule has 0 aromatic rings. The maximum absolute atomic E-state index is 2.74. The van der Waals surface area contributed by atoms with Crippen molar-refractivity contribution in [1.82, 2.24) is 4.90 Å². The van der Waals surface area contributed by atoms with Crippen LogP contribution >= 0.6 is 0 Å². The van der Waals surface area contributed by atoms with Gasteiger partial charge in [0.05, 0.1) is 25.7 Å². The average Bonchev–Trinajstić information content (AvgIpc) is 2.58. The maximum atomic E-state index is 2.74. The van der Waals surface area contributed by atoms with Gasteiger partial charge in [-0.2, -0.15) is 0 Å². The number of quaternary nitrogens is 1. The molecule has 0 amide bonds. The zero-order chi connectivity index (χ0) is 12.4. The highest BCUT2D eigenvalue weighted by Crippen LogP contribution is 2.30. The highest BCUT2D eigenvalue weighted by molar-refractivity contribution is 4.85. The summed E-state index contributed by atoms with van der Waals surface area (Å²) in [5.41, 5.74) is 0.324. The van der Waals surface area contributed by atoms with E-state index in [1.807, 2.05) is 0 Å². The molecule has 1 fully saturated rings. The molecule has 1 aliphatic heterocycles. The van der Waals surface area contributed by atoms with E-state index in [-0.39, 0.29) is 0 Å². The molecule has 0 bridgehead atoms. The molecule has 0 N–H and O–H groups in total. The third-order valence-electron chi connectivity index (χ3n) is 4.32. The molecule has 96 valence electrons. The molecule has 0 saturated carbocycles. The highest BCUT2D eigenvalue weighted by atomic mass is 15.5. The van der Waals surface area contributed by atoms with Gasteiger partial charge in [0.15, 0.2) is 0 Å². The van der Waals surface area contributed by atoms with Crippen LogP contribution in [0.2, 0.25) is 0 Å². The van der Waals surface area contributed by atoms with Gasteiger partial charge < -0.3 is 4.48 Å². The lowest BCUT2D eigenvalue weighted by atomic mass is 10.0. The second-order valence-electron chi connectivity index (χ2n) is 6.38. The Labute approximate surface area is 102 Å². The summed E-state index contributed by atoms with van der Waals surface area (Å²) >= 11 is 0. The van der Waals surface area contributed by atoms with E-state index in [1.54, 1.807) is 0 Å². The fourth-order valence-corrected chi connectivity index (χ4v) is 3.06. The molecule has 16 heavy (non-hydrogen) atoms. The van der Waals surface area contributed by atoms with Crippen molar-refractivity contribution >= 4 is 0 Å². The summed E-state index contributed by atoms with van der Waals surface area (Å²) in [6.07, 6.45) is 2.67. The molecule has 2 heteroatoms. The van der Waals surface area contributed by atoms with Gasteiger partial charge in [-0.25, -0.2) is 4.90 Å². The Morgan fingerprint density at radius 2 is 1.69 bits per heavy atom. The van der Waals surface area contributed by atoms with Crippen LogP contribution in [0, 0.1) is 0 Å². The number of hydrogen-bond acceptors (Lipinski definition) is 1. The average molecular weight is 227 g/mol. The summed E-state index contributed by atoms with van der Waals surface area (Å²) < 4.78 is 1.29. The molecule has 2 nitrogen and oxygen atoms in total. The third-order valence-corrected chi connectivity index (χ3v) is 4.32. The fourth-order valence-electron chi connectivity index (χ4n) is 3.06. The topological polar surface area (TPSA) is 3.24 Å². The molecule has 1 atom stereocenters. The standard InChI is InChI=1S/C14H31N2/c1-7-10-13-11-16(8-2,9-3)12-15(13)14(4,5)6/h13H,7-12H2,1-6H3/q+1. The van der Waals surface area contributed by atoms with E-state index in [4.69, 9.17) is 0 Å². The smallest absolute Gasteiger partial charge is 0.135 e. The van der Waals surface area contributed by atoms with Crippen molar-refractivity contribution in [3.05, 3.63) is 0 Å². The quantitative estimate of drug-likeness (QED) is 0.667. The zero-order valence-corrected chi connectivity index (χ0v) is 12.2. The Bertz CT molecular complexity index is 213. The van der Waals surface area contributed by atoms with E-state index >= 15 is 0 Å². The van der Waals surface area contributed by atoms with Gasteiger partial charge in [0.2, 0.25) is 0 Å². The minimum atomic E-state index is 0.324. The summed E-state index contributed by atoms with van der Waals surface area (Å²) in [5, 5.41) is 0. The highest BCUT2D eigenvalue weighted by Gasteiger charge is 2.45. The van der Waals surface area contributed by atoms with Gasteiger partial charge in [-0.05, 0) is 41.0 Å². The molecule has 0 aliphatic carbocycles. The molecule has 1 heterocycles. The van der Waals surface area contributed by atoms with Crippen LogP contribution in [-0.2, 0) is 0 Å². The first kappa shape index (κ1) is 14.0. The Balaban J connectivity index is 2.83. The second-order valence-corrected chi connectivity index (χ2v) is 6.38. The lowest BCUT2D eigenvalue weighted by Crippen LogP contribution is -2.49. The molecule has 1 unspecified atom stereocenters. The van der Waals surface area contributed by atoms with Crippen molar-refractivity contribution in [1.29, 1.82) is 0 Å². The van der Waals surface area contributed by atoms with Crippen molar-refractivity contribution in [3.8, 4) is 0 Å². The molecule has 1 rings (SSSR count). The number of likely N-dealkylation sites (N-methyl/N-ethyl adjacent to an activating group) is 1. The van der Waals surface area contributed by atoms with Crippen LogP contribution < -0.4 is 0 Å². The molecule has 0 aromatic carbocycles. The third kappa shape index (κ3) is 2.78. The summed E-state index contributed by atoms with van der Waals surface area (Å²) in [5.74, 6) is 0. The summed E-state index contributed by atoms with van der Waals surface area (Å²) in [6, 6.07) is 0.796. The van der Waals surface area contributed by atoms with Crippen molar-refractivity contribution in [2.24, 2.45) is 0 Å². The Morgan fingerprint density at radius 3 is 2.06 bits per heavy atom. The first-order chi connectivity index (χ1) is 7.38. The molecule has 0 radical (unpaired) electrons. The van der Waals surface area contributed by atoms with E-state index < -0.39 is 0 Å². The van der Waals surface area contributed by atoms with E-state index in [0.717, 1.165) is 6.04 Å².